The molecule has 2 atom stereocenters. The van der Waals surface area contributed by atoms with Gasteiger partial charge in [-0.1, -0.05) is 6.92 Å². The number of hydrogen-bond donors (Lipinski definition) is 3. The molecule has 0 aliphatic rings. The normalized spacial score (nSPS) is 14.2. The number of thioether (sulfide) groups is 1. The van der Waals surface area contributed by atoms with Crippen molar-refractivity contribution in [2.45, 2.75) is 19.4 Å². The van der Waals surface area contributed by atoms with Crippen LogP contribution in [0.1, 0.15) is 13.3 Å². The quantitative estimate of drug-likeness (QED) is 0.570. The van der Waals surface area contributed by atoms with Gasteiger partial charge in [-0.2, -0.15) is 11.8 Å². The van der Waals surface area contributed by atoms with Crippen molar-refractivity contribution in [3.8, 4) is 0 Å². The van der Waals surface area contributed by atoms with E-state index in [1.807, 2.05) is 6.26 Å². The van der Waals surface area contributed by atoms with E-state index in [1.54, 1.807) is 25.7 Å². The van der Waals surface area contributed by atoms with E-state index >= 15 is 0 Å². The summed E-state index contributed by atoms with van der Waals surface area (Å²) in [5.74, 6) is -0.694. The second-order valence-corrected chi connectivity index (χ2v) is 4.63. The van der Waals surface area contributed by atoms with Crippen molar-refractivity contribution in [3.63, 3.8) is 0 Å². The standard InChI is InChI=1S/C10H20N2O3S/c1-7(6-11-2)9(13)12-8(10(14)15)4-5-16-3/h7-8,11H,4-6H2,1-3H3,(H,12,13)(H,14,15). The number of hydrogen-bond acceptors (Lipinski definition) is 4. The lowest BCUT2D eigenvalue weighted by atomic mass is 10.1. The summed E-state index contributed by atoms with van der Waals surface area (Å²) in [5.41, 5.74) is 0. The van der Waals surface area contributed by atoms with Gasteiger partial charge in [0.2, 0.25) is 5.91 Å². The summed E-state index contributed by atoms with van der Waals surface area (Å²) >= 11 is 1.57. The SMILES string of the molecule is CNCC(C)C(=O)NC(CCSC)C(=O)O. The van der Waals surface area contributed by atoms with Gasteiger partial charge in [0, 0.05) is 12.5 Å². The first kappa shape index (κ1) is 15.2. The minimum absolute atomic E-state index is 0.220. The predicted octanol–water partition coefficient (Wildman–Crippen LogP) is 0.164. The summed E-state index contributed by atoms with van der Waals surface area (Å²) in [7, 11) is 1.76. The van der Waals surface area contributed by atoms with Gasteiger partial charge in [0.05, 0.1) is 0 Å². The van der Waals surface area contributed by atoms with Crippen LogP contribution in [0.15, 0.2) is 0 Å². The number of carbonyl (C=O) groups excluding carboxylic acids is 1. The molecule has 0 aromatic heterocycles. The van der Waals surface area contributed by atoms with Crippen LogP contribution < -0.4 is 10.6 Å². The Labute approximate surface area is 100 Å². The maximum absolute atomic E-state index is 11.6. The molecule has 0 bridgehead atoms. The van der Waals surface area contributed by atoms with Crippen LogP contribution in [0.5, 0.6) is 0 Å². The first-order chi connectivity index (χ1) is 7.52. The summed E-state index contributed by atoms with van der Waals surface area (Å²) in [6.45, 7) is 2.31. The van der Waals surface area contributed by atoms with Crippen LogP contribution >= 0.6 is 11.8 Å². The molecule has 0 radical (unpaired) electrons. The van der Waals surface area contributed by atoms with Gasteiger partial charge in [-0.05, 0) is 25.5 Å². The molecule has 0 saturated carbocycles. The molecule has 94 valence electrons. The predicted molar refractivity (Wildman–Crippen MR) is 65.7 cm³/mol. The fourth-order valence-corrected chi connectivity index (χ4v) is 1.68. The molecule has 16 heavy (non-hydrogen) atoms. The van der Waals surface area contributed by atoms with Gasteiger partial charge in [-0.3, -0.25) is 4.79 Å². The summed E-state index contributed by atoms with van der Waals surface area (Å²) < 4.78 is 0. The average molecular weight is 248 g/mol. The van der Waals surface area contributed by atoms with Crippen molar-refractivity contribution < 1.29 is 14.7 Å². The zero-order valence-corrected chi connectivity index (χ0v) is 10.8. The summed E-state index contributed by atoms with van der Waals surface area (Å²) in [6.07, 6.45) is 2.36. The Balaban J connectivity index is 4.17. The van der Waals surface area contributed by atoms with Crippen LogP contribution in [0.2, 0.25) is 0 Å². The molecule has 0 saturated heterocycles. The number of carboxylic acid groups (broad SMARTS) is 1. The fourth-order valence-electron chi connectivity index (χ4n) is 1.21. The van der Waals surface area contributed by atoms with Crippen LogP contribution in [0.25, 0.3) is 0 Å². The Morgan fingerprint density at radius 2 is 2.06 bits per heavy atom. The molecule has 0 spiro atoms. The largest absolute Gasteiger partial charge is 0.480 e. The zero-order chi connectivity index (χ0) is 12.6. The number of nitrogens with one attached hydrogen (secondary N) is 2. The van der Waals surface area contributed by atoms with Crippen LogP contribution in [-0.4, -0.2) is 48.6 Å². The van der Waals surface area contributed by atoms with E-state index < -0.39 is 12.0 Å². The molecule has 0 aliphatic heterocycles. The van der Waals surface area contributed by atoms with Gasteiger partial charge in [0.1, 0.15) is 6.04 Å². The minimum atomic E-state index is -0.973. The molecule has 0 fully saturated rings. The van der Waals surface area contributed by atoms with Crippen LogP contribution in [0, 0.1) is 5.92 Å². The molecule has 2 unspecified atom stereocenters. The van der Waals surface area contributed by atoms with Crippen LogP contribution in [0.4, 0.5) is 0 Å². The highest BCUT2D eigenvalue weighted by Gasteiger charge is 2.21. The molecule has 0 aromatic carbocycles. The lowest BCUT2D eigenvalue weighted by molar-refractivity contribution is -0.142. The van der Waals surface area contributed by atoms with E-state index in [4.69, 9.17) is 5.11 Å². The van der Waals surface area contributed by atoms with Crippen molar-refractivity contribution in [2.75, 3.05) is 25.6 Å². The topological polar surface area (TPSA) is 78.4 Å². The highest BCUT2D eigenvalue weighted by molar-refractivity contribution is 7.98. The summed E-state index contributed by atoms with van der Waals surface area (Å²) in [4.78, 5) is 22.5. The van der Waals surface area contributed by atoms with Gasteiger partial charge in [-0.25, -0.2) is 4.79 Å². The van der Waals surface area contributed by atoms with Crippen molar-refractivity contribution in [2.24, 2.45) is 5.92 Å². The third-order valence-corrected chi connectivity index (χ3v) is 2.83. The first-order valence-electron chi connectivity index (χ1n) is 5.19. The molecule has 3 N–H and O–H groups in total. The Bertz CT molecular complexity index is 236. The number of carboxylic acids is 1. The van der Waals surface area contributed by atoms with Crippen molar-refractivity contribution in [1.29, 1.82) is 0 Å². The van der Waals surface area contributed by atoms with E-state index in [0.29, 0.717) is 13.0 Å². The van der Waals surface area contributed by atoms with Crippen molar-refractivity contribution in [3.05, 3.63) is 0 Å². The fraction of sp³-hybridized carbons (Fsp3) is 0.800. The summed E-state index contributed by atoms with van der Waals surface area (Å²) in [5, 5.41) is 14.3. The third kappa shape index (κ3) is 5.97. The lowest BCUT2D eigenvalue weighted by Crippen LogP contribution is -2.45. The molecular formula is C10H20N2O3S. The number of rotatable bonds is 8. The van der Waals surface area contributed by atoms with Gasteiger partial charge < -0.3 is 15.7 Å². The van der Waals surface area contributed by atoms with Crippen LogP contribution in [-0.2, 0) is 9.59 Å². The monoisotopic (exact) mass is 248 g/mol. The van der Waals surface area contributed by atoms with E-state index in [2.05, 4.69) is 10.6 Å². The molecule has 0 aliphatic carbocycles. The number of carbonyl (C=O) groups is 2. The maximum Gasteiger partial charge on any atom is 0.326 e. The van der Waals surface area contributed by atoms with E-state index in [-0.39, 0.29) is 11.8 Å². The number of amides is 1. The highest BCUT2D eigenvalue weighted by Crippen LogP contribution is 2.02. The molecule has 6 heteroatoms. The van der Waals surface area contributed by atoms with Gasteiger partial charge in [0.15, 0.2) is 0 Å². The van der Waals surface area contributed by atoms with E-state index in [9.17, 15) is 9.59 Å². The molecular weight excluding hydrogens is 228 g/mol. The second-order valence-electron chi connectivity index (χ2n) is 3.64. The zero-order valence-electron chi connectivity index (χ0n) is 9.95. The maximum atomic E-state index is 11.6. The number of aliphatic carboxylic acids is 1. The Morgan fingerprint density at radius 1 is 1.44 bits per heavy atom. The Kier molecular flexibility index (Phi) is 8.01. The summed E-state index contributed by atoms with van der Waals surface area (Å²) in [6, 6.07) is -0.778. The second kappa shape index (κ2) is 8.41. The average Bonchev–Trinajstić information content (AvgIpc) is 2.23. The molecule has 5 nitrogen and oxygen atoms in total. The Hall–Kier alpha value is -0.750. The highest BCUT2D eigenvalue weighted by atomic mass is 32.2. The minimum Gasteiger partial charge on any atom is -0.480 e. The molecule has 0 aromatic rings. The molecule has 1 amide bonds. The molecule has 0 heterocycles. The smallest absolute Gasteiger partial charge is 0.326 e. The first-order valence-corrected chi connectivity index (χ1v) is 6.59. The van der Waals surface area contributed by atoms with Crippen LogP contribution in [0.3, 0.4) is 0 Å². The van der Waals surface area contributed by atoms with E-state index in [0.717, 1.165) is 5.75 Å². The van der Waals surface area contributed by atoms with Crippen molar-refractivity contribution in [1.82, 2.24) is 10.6 Å². The lowest BCUT2D eigenvalue weighted by Gasteiger charge is -2.17. The van der Waals surface area contributed by atoms with Gasteiger partial charge >= 0.3 is 5.97 Å². The Morgan fingerprint density at radius 3 is 2.50 bits per heavy atom. The third-order valence-electron chi connectivity index (χ3n) is 2.18. The van der Waals surface area contributed by atoms with Gasteiger partial charge in [-0.15, -0.1) is 0 Å². The van der Waals surface area contributed by atoms with E-state index in [1.165, 1.54) is 0 Å². The van der Waals surface area contributed by atoms with Crippen molar-refractivity contribution >= 4 is 23.6 Å². The molecule has 0 rings (SSSR count). The van der Waals surface area contributed by atoms with Gasteiger partial charge in [0.25, 0.3) is 0 Å².